The van der Waals surface area contributed by atoms with Crippen LogP contribution in [0.5, 0.6) is 0 Å². The van der Waals surface area contributed by atoms with Gasteiger partial charge < -0.3 is 5.11 Å². The first-order valence-corrected chi connectivity index (χ1v) is 13.6. The SMILES string of the molecule is C=C(C)C(CCC(C)[C@H]1CC[C@H]2[C@@H]3CC=C4C[C@@H](O)CC[C@]4(C)[C@H]3CC[C@]12C)C(C)C. The van der Waals surface area contributed by atoms with Crippen molar-refractivity contribution in [1.82, 2.24) is 0 Å². The average Bonchev–Trinajstić information content (AvgIpc) is 3.05. The lowest BCUT2D eigenvalue weighted by Gasteiger charge is -2.58. The Bertz CT molecular complexity index is 703. The molecule has 0 bridgehead atoms. The molecule has 0 radical (unpaired) electrons. The van der Waals surface area contributed by atoms with Crippen LogP contribution in [0.2, 0.25) is 0 Å². The highest BCUT2D eigenvalue weighted by Gasteiger charge is 2.59. The number of aliphatic hydroxyl groups excluding tert-OH is 1. The molecule has 9 atom stereocenters. The summed E-state index contributed by atoms with van der Waals surface area (Å²) in [4.78, 5) is 0. The number of aliphatic hydroxyl groups is 1. The highest BCUT2D eigenvalue weighted by molar-refractivity contribution is 5.25. The van der Waals surface area contributed by atoms with Gasteiger partial charge in [-0.1, -0.05) is 58.4 Å². The van der Waals surface area contributed by atoms with Crippen molar-refractivity contribution in [2.45, 2.75) is 112 Å². The number of fused-ring (bicyclic) bond motifs is 5. The van der Waals surface area contributed by atoms with Crippen molar-refractivity contribution in [3.05, 3.63) is 23.8 Å². The fourth-order valence-electron chi connectivity index (χ4n) is 9.41. The first-order chi connectivity index (χ1) is 14.6. The maximum Gasteiger partial charge on any atom is 0.0577 e. The van der Waals surface area contributed by atoms with E-state index in [2.05, 4.69) is 54.2 Å². The summed E-state index contributed by atoms with van der Waals surface area (Å²) >= 11 is 0. The van der Waals surface area contributed by atoms with Gasteiger partial charge in [0, 0.05) is 0 Å². The molecule has 3 fully saturated rings. The molecule has 1 heteroatoms. The molecule has 0 aliphatic heterocycles. The Morgan fingerprint density at radius 2 is 1.81 bits per heavy atom. The maximum atomic E-state index is 10.3. The van der Waals surface area contributed by atoms with E-state index in [1.54, 1.807) is 5.57 Å². The van der Waals surface area contributed by atoms with Gasteiger partial charge in [-0.05, 0) is 123 Å². The quantitative estimate of drug-likeness (QED) is 0.424. The van der Waals surface area contributed by atoms with Crippen LogP contribution in [0.1, 0.15) is 106 Å². The zero-order chi connectivity index (χ0) is 22.6. The van der Waals surface area contributed by atoms with Crippen molar-refractivity contribution in [1.29, 1.82) is 0 Å². The minimum absolute atomic E-state index is 0.0877. The second-order valence-corrected chi connectivity index (χ2v) is 13.1. The molecule has 1 nitrogen and oxygen atoms in total. The lowest BCUT2D eigenvalue weighted by Crippen LogP contribution is -2.50. The minimum atomic E-state index is -0.0877. The van der Waals surface area contributed by atoms with Crippen LogP contribution in [0.3, 0.4) is 0 Å². The summed E-state index contributed by atoms with van der Waals surface area (Å²) in [6, 6.07) is 0. The van der Waals surface area contributed by atoms with Gasteiger partial charge in [-0.2, -0.15) is 0 Å². The van der Waals surface area contributed by atoms with Crippen LogP contribution in [-0.4, -0.2) is 11.2 Å². The molecular formula is C30H50O. The molecule has 31 heavy (non-hydrogen) atoms. The van der Waals surface area contributed by atoms with Crippen LogP contribution in [0.25, 0.3) is 0 Å². The predicted octanol–water partition coefficient (Wildman–Crippen LogP) is 8.19. The minimum Gasteiger partial charge on any atom is -0.393 e. The fraction of sp³-hybridized carbons (Fsp3) is 0.867. The topological polar surface area (TPSA) is 20.2 Å². The molecule has 0 aromatic carbocycles. The average molecular weight is 427 g/mol. The zero-order valence-corrected chi connectivity index (χ0v) is 21.4. The fourth-order valence-corrected chi connectivity index (χ4v) is 9.41. The van der Waals surface area contributed by atoms with E-state index in [1.165, 1.54) is 56.9 Å². The third-order valence-electron chi connectivity index (χ3n) is 11.2. The summed E-state index contributed by atoms with van der Waals surface area (Å²) in [5.74, 6) is 5.81. The van der Waals surface area contributed by atoms with Crippen LogP contribution < -0.4 is 0 Å². The zero-order valence-electron chi connectivity index (χ0n) is 21.4. The van der Waals surface area contributed by atoms with E-state index >= 15 is 0 Å². The molecule has 3 saturated carbocycles. The van der Waals surface area contributed by atoms with Gasteiger partial charge in [-0.3, -0.25) is 0 Å². The maximum absolute atomic E-state index is 10.3. The van der Waals surface area contributed by atoms with E-state index in [0.717, 1.165) is 42.4 Å². The Morgan fingerprint density at radius 3 is 2.48 bits per heavy atom. The van der Waals surface area contributed by atoms with Gasteiger partial charge in [0.05, 0.1) is 6.10 Å². The second kappa shape index (κ2) is 8.66. The molecule has 4 rings (SSSR count). The van der Waals surface area contributed by atoms with E-state index in [-0.39, 0.29) is 6.10 Å². The standard InChI is InChI=1S/C30H50O/c1-19(2)24(20(3)4)10-8-21(5)26-12-13-27-25-11-9-22-18-23(31)14-16-29(22,6)28(25)15-17-30(26,27)7/h9,20-21,23-28,31H,1,8,10-18H2,2-7H3/t21?,23-,24?,25-,26+,27-,28-,29-,30+/m0/s1. The number of hydrogen-bond acceptors (Lipinski definition) is 1. The van der Waals surface area contributed by atoms with Gasteiger partial charge >= 0.3 is 0 Å². The number of allylic oxidation sites excluding steroid dienone is 2. The molecule has 0 spiro atoms. The Hall–Kier alpha value is -0.560. The van der Waals surface area contributed by atoms with E-state index in [0.29, 0.717) is 22.7 Å². The molecule has 4 aliphatic carbocycles. The summed E-state index contributed by atoms with van der Waals surface area (Å²) in [7, 11) is 0. The number of hydrogen-bond donors (Lipinski definition) is 1. The van der Waals surface area contributed by atoms with Crippen molar-refractivity contribution >= 4 is 0 Å². The summed E-state index contributed by atoms with van der Waals surface area (Å²) in [6.07, 6.45) is 15.4. The molecule has 0 aromatic rings. The Kier molecular flexibility index (Phi) is 6.59. The molecule has 4 aliphatic rings. The summed E-state index contributed by atoms with van der Waals surface area (Å²) in [5.41, 5.74) is 3.92. The van der Waals surface area contributed by atoms with Gasteiger partial charge in [-0.25, -0.2) is 0 Å². The molecule has 0 amide bonds. The number of rotatable bonds is 6. The molecule has 0 saturated heterocycles. The van der Waals surface area contributed by atoms with E-state index < -0.39 is 0 Å². The van der Waals surface area contributed by atoms with Gasteiger partial charge in [0.15, 0.2) is 0 Å². The Morgan fingerprint density at radius 1 is 1.06 bits per heavy atom. The van der Waals surface area contributed by atoms with E-state index in [4.69, 9.17) is 0 Å². The van der Waals surface area contributed by atoms with Crippen molar-refractivity contribution < 1.29 is 5.11 Å². The molecule has 0 aromatic heterocycles. The van der Waals surface area contributed by atoms with Gasteiger partial charge in [0.1, 0.15) is 0 Å². The summed E-state index contributed by atoms with van der Waals surface area (Å²) in [6.45, 7) is 19.1. The first kappa shape index (κ1) is 23.6. The monoisotopic (exact) mass is 426 g/mol. The first-order valence-electron chi connectivity index (χ1n) is 13.6. The van der Waals surface area contributed by atoms with Crippen LogP contribution in [0.4, 0.5) is 0 Å². The van der Waals surface area contributed by atoms with Crippen LogP contribution >= 0.6 is 0 Å². The van der Waals surface area contributed by atoms with Crippen LogP contribution in [0.15, 0.2) is 23.8 Å². The van der Waals surface area contributed by atoms with Gasteiger partial charge in [0.2, 0.25) is 0 Å². The lowest BCUT2D eigenvalue weighted by atomic mass is 9.47. The van der Waals surface area contributed by atoms with Crippen molar-refractivity contribution in [3.63, 3.8) is 0 Å². The molecule has 2 unspecified atom stereocenters. The summed E-state index contributed by atoms with van der Waals surface area (Å²) in [5, 5.41) is 10.3. The third-order valence-corrected chi connectivity index (χ3v) is 11.2. The Labute approximate surface area is 193 Å². The smallest absolute Gasteiger partial charge is 0.0577 e. The van der Waals surface area contributed by atoms with Crippen LogP contribution in [0, 0.1) is 52.3 Å². The van der Waals surface area contributed by atoms with E-state index in [9.17, 15) is 5.11 Å². The van der Waals surface area contributed by atoms with Crippen molar-refractivity contribution in [3.8, 4) is 0 Å². The lowest BCUT2D eigenvalue weighted by molar-refractivity contribution is -0.0574. The second-order valence-electron chi connectivity index (χ2n) is 13.1. The Balaban J connectivity index is 1.47. The van der Waals surface area contributed by atoms with Gasteiger partial charge in [0.25, 0.3) is 0 Å². The van der Waals surface area contributed by atoms with Gasteiger partial charge in [-0.15, -0.1) is 0 Å². The molecular weight excluding hydrogens is 376 g/mol. The molecule has 1 N–H and O–H groups in total. The van der Waals surface area contributed by atoms with E-state index in [1.807, 2.05) is 0 Å². The summed E-state index contributed by atoms with van der Waals surface area (Å²) < 4.78 is 0. The largest absolute Gasteiger partial charge is 0.393 e. The van der Waals surface area contributed by atoms with Crippen LogP contribution in [-0.2, 0) is 0 Å². The van der Waals surface area contributed by atoms with Crippen molar-refractivity contribution in [2.24, 2.45) is 52.3 Å². The molecule has 0 heterocycles. The highest BCUT2D eigenvalue weighted by Crippen LogP contribution is 2.67. The predicted molar refractivity (Wildman–Crippen MR) is 133 cm³/mol. The normalized spacial score (nSPS) is 44.1. The highest BCUT2D eigenvalue weighted by atomic mass is 16.3. The van der Waals surface area contributed by atoms with Crippen molar-refractivity contribution in [2.75, 3.05) is 0 Å². The third kappa shape index (κ3) is 4.00. The molecule has 176 valence electrons.